The molecular formula is C13H26O3Si4. The summed E-state index contributed by atoms with van der Waals surface area (Å²) in [4.78, 5) is 0. The standard InChI is InChI=1S/C13H26O3Si4/c1-17(2)14-20(15-18(3)4,16-19(5,6)7)13-11-9-8-10-12-13/h8-12H,1-7H3. The van der Waals surface area contributed by atoms with Crippen molar-refractivity contribution in [2.75, 3.05) is 0 Å². The Kier molecular flexibility index (Phi) is 6.57. The lowest BCUT2D eigenvalue weighted by Gasteiger charge is -2.38. The first kappa shape index (κ1) is 18.0. The molecule has 0 heterocycles. The topological polar surface area (TPSA) is 27.7 Å². The molecule has 20 heavy (non-hydrogen) atoms. The maximum Gasteiger partial charge on any atom is 0.505 e. The van der Waals surface area contributed by atoms with Crippen LogP contribution in [-0.2, 0) is 12.3 Å². The lowest BCUT2D eigenvalue weighted by molar-refractivity contribution is 0.284. The minimum Gasteiger partial charge on any atom is -0.414 e. The fraction of sp³-hybridized carbons (Fsp3) is 0.538. The molecule has 2 radical (unpaired) electrons. The Bertz CT molecular complexity index is 394. The maximum atomic E-state index is 6.52. The van der Waals surface area contributed by atoms with Crippen LogP contribution in [0.25, 0.3) is 0 Å². The molecule has 0 fully saturated rings. The van der Waals surface area contributed by atoms with Gasteiger partial charge >= 0.3 is 8.80 Å². The van der Waals surface area contributed by atoms with Crippen molar-refractivity contribution >= 4 is 40.4 Å². The van der Waals surface area contributed by atoms with E-state index < -0.39 is 35.2 Å². The van der Waals surface area contributed by atoms with Crippen LogP contribution in [0.4, 0.5) is 0 Å². The molecule has 0 amide bonds. The van der Waals surface area contributed by atoms with Gasteiger partial charge in [0.15, 0.2) is 26.4 Å². The first-order valence-corrected chi connectivity index (χ1v) is 16.8. The van der Waals surface area contributed by atoms with E-state index in [1.165, 1.54) is 0 Å². The van der Waals surface area contributed by atoms with Crippen LogP contribution >= 0.6 is 0 Å². The van der Waals surface area contributed by atoms with E-state index in [0.29, 0.717) is 0 Å². The normalized spacial score (nSPS) is 13.2. The molecule has 1 aromatic rings. The summed E-state index contributed by atoms with van der Waals surface area (Å²) in [6, 6.07) is 10.3. The summed E-state index contributed by atoms with van der Waals surface area (Å²) in [5, 5.41) is 1.10. The van der Waals surface area contributed by atoms with Crippen LogP contribution in [0.1, 0.15) is 0 Å². The maximum absolute atomic E-state index is 6.52. The van der Waals surface area contributed by atoms with Crippen molar-refractivity contribution in [3.8, 4) is 0 Å². The van der Waals surface area contributed by atoms with Crippen LogP contribution in [0.2, 0.25) is 45.8 Å². The zero-order valence-corrected chi connectivity index (χ0v) is 17.6. The highest BCUT2D eigenvalue weighted by Crippen LogP contribution is 2.19. The average molecular weight is 343 g/mol. The molecule has 0 aliphatic heterocycles. The largest absolute Gasteiger partial charge is 0.505 e. The Morgan fingerprint density at radius 3 is 1.60 bits per heavy atom. The van der Waals surface area contributed by atoms with Crippen molar-refractivity contribution in [1.82, 2.24) is 0 Å². The SMILES string of the molecule is C[Si](C)O[Si](O[Si](C)C)(O[Si](C)(C)C)c1ccccc1. The fourth-order valence-electron chi connectivity index (χ4n) is 1.82. The van der Waals surface area contributed by atoms with Gasteiger partial charge in [0.25, 0.3) is 0 Å². The Labute approximate surface area is 129 Å². The van der Waals surface area contributed by atoms with Crippen LogP contribution in [-0.4, -0.2) is 35.2 Å². The summed E-state index contributed by atoms with van der Waals surface area (Å²) in [5.74, 6) is 0. The van der Waals surface area contributed by atoms with Gasteiger partial charge in [-0.1, -0.05) is 30.3 Å². The molecule has 1 aromatic carbocycles. The predicted molar refractivity (Wildman–Crippen MR) is 93.4 cm³/mol. The van der Waals surface area contributed by atoms with Gasteiger partial charge in [-0.3, -0.25) is 0 Å². The van der Waals surface area contributed by atoms with Gasteiger partial charge in [-0.25, -0.2) is 0 Å². The summed E-state index contributed by atoms with van der Waals surface area (Å²) in [5.41, 5.74) is 0. The molecule has 0 aliphatic carbocycles. The minimum absolute atomic E-state index is 0.904. The van der Waals surface area contributed by atoms with Crippen molar-refractivity contribution in [3.05, 3.63) is 30.3 Å². The van der Waals surface area contributed by atoms with Crippen molar-refractivity contribution in [1.29, 1.82) is 0 Å². The molecule has 0 atom stereocenters. The summed E-state index contributed by atoms with van der Waals surface area (Å²) >= 11 is 0. The molecule has 0 unspecified atom stereocenters. The second-order valence-electron chi connectivity index (χ2n) is 6.16. The Morgan fingerprint density at radius 1 is 0.800 bits per heavy atom. The molecular weight excluding hydrogens is 316 g/mol. The zero-order valence-electron chi connectivity index (χ0n) is 13.6. The summed E-state index contributed by atoms with van der Waals surface area (Å²) in [6.45, 7) is 15.2. The molecule has 0 spiro atoms. The van der Waals surface area contributed by atoms with Gasteiger partial charge in [-0.15, -0.1) is 0 Å². The summed E-state index contributed by atoms with van der Waals surface area (Å²) < 4.78 is 19.3. The molecule has 0 N–H and O–H groups in total. The first-order valence-electron chi connectivity index (χ1n) is 6.89. The van der Waals surface area contributed by atoms with Crippen LogP contribution < -0.4 is 5.19 Å². The molecule has 0 aliphatic rings. The van der Waals surface area contributed by atoms with Crippen molar-refractivity contribution in [3.63, 3.8) is 0 Å². The van der Waals surface area contributed by atoms with E-state index in [1.54, 1.807) is 0 Å². The van der Waals surface area contributed by atoms with Gasteiger partial charge < -0.3 is 12.3 Å². The molecule has 112 valence electrons. The molecule has 1 rings (SSSR count). The lowest BCUT2D eigenvalue weighted by atomic mass is 10.4. The monoisotopic (exact) mass is 342 g/mol. The molecule has 3 nitrogen and oxygen atoms in total. The zero-order chi connectivity index (χ0) is 15.4. The Balaban J connectivity index is 3.25. The van der Waals surface area contributed by atoms with E-state index >= 15 is 0 Å². The van der Waals surface area contributed by atoms with E-state index in [1.807, 2.05) is 18.2 Å². The van der Waals surface area contributed by atoms with Crippen LogP contribution in [0, 0.1) is 0 Å². The molecule has 7 heteroatoms. The molecule has 0 saturated heterocycles. The molecule has 0 saturated carbocycles. The quantitative estimate of drug-likeness (QED) is 0.712. The Morgan fingerprint density at radius 2 is 1.25 bits per heavy atom. The average Bonchev–Trinajstić information content (AvgIpc) is 2.25. The lowest BCUT2D eigenvalue weighted by Crippen LogP contribution is -2.63. The van der Waals surface area contributed by atoms with Crippen molar-refractivity contribution < 1.29 is 12.3 Å². The van der Waals surface area contributed by atoms with Gasteiger partial charge in [0.1, 0.15) is 0 Å². The van der Waals surface area contributed by atoms with Crippen molar-refractivity contribution in [2.24, 2.45) is 0 Å². The predicted octanol–water partition coefficient (Wildman–Crippen LogP) is 3.22. The van der Waals surface area contributed by atoms with Gasteiger partial charge in [-0.05, 0) is 45.8 Å². The number of hydrogen-bond acceptors (Lipinski definition) is 3. The van der Waals surface area contributed by atoms with Crippen LogP contribution in [0.15, 0.2) is 30.3 Å². The summed E-state index contributed by atoms with van der Waals surface area (Å²) in [6.07, 6.45) is 0. The fourth-order valence-corrected chi connectivity index (χ4v) is 13.0. The number of hydrogen-bond donors (Lipinski definition) is 0. The third-order valence-electron chi connectivity index (χ3n) is 2.24. The minimum atomic E-state index is -2.78. The van der Waals surface area contributed by atoms with Gasteiger partial charge in [-0.2, -0.15) is 0 Å². The number of rotatable bonds is 7. The van der Waals surface area contributed by atoms with Crippen LogP contribution in [0.5, 0.6) is 0 Å². The van der Waals surface area contributed by atoms with Gasteiger partial charge in [0.2, 0.25) is 0 Å². The first-order chi connectivity index (χ1) is 9.15. The highest BCUT2D eigenvalue weighted by molar-refractivity contribution is 6.91. The van der Waals surface area contributed by atoms with E-state index in [4.69, 9.17) is 12.3 Å². The molecule has 0 bridgehead atoms. The number of benzene rings is 1. The second-order valence-corrected chi connectivity index (χ2v) is 18.2. The highest BCUT2D eigenvalue weighted by atomic mass is 28.5. The second kappa shape index (κ2) is 7.30. The smallest absolute Gasteiger partial charge is 0.414 e. The highest BCUT2D eigenvalue weighted by Gasteiger charge is 2.48. The van der Waals surface area contributed by atoms with Crippen LogP contribution in [0.3, 0.4) is 0 Å². The van der Waals surface area contributed by atoms with Crippen molar-refractivity contribution in [2.45, 2.75) is 45.8 Å². The summed E-state index contributed by atoms with van der Waals surface area (Å²) in [7, 11) is -6.35. The third kappa shape index (κ3) is 5.76. The third-order valence-corrected chi connectivity index (χ3v) is 12.2. The van der Waals surface area contributed by atoms with E-state index in [2.05, 4.69) is 58.0 Å². The van der Waals surface area contributed by atoms with E-state index in [-0.39, 0.29) is 0 Å². The van der Waals surface area contributed by atoms with Gasteiger partial charge in [0.05, 0.1) is 0 Å². The molecule has 0 aromatic heterocycles. The van der Waals surface area contributed by atoms with E-state index in [0.717, 1.165) is 5.19 Å². The van der Waals surface area contributed by atoms with E-state index in [9.17, 15) is 0 Å². The Hall–Kier alpha value is -0.0325. The van der Waals surface area contributed by atoms with Gasteiger partial charge in [0, 0.05) is 5.19 Å².